The summed E-state index contributed by atoms with van der Waals surface area (Å²) in [6.45, 7) is 3.81. The number of aromatic nitrogens is 2. The summed E-state index contributed by atoms with van der Waals surface area (Å²) >= 11 is 0. The highest BCUT2D eigenvalue weighted by atomic mass is 16.4. The van der Waals surface area contributed by atoms with Gasteiger partial charge in [0.15, 0.2) is 0 Å². The third kappa shape index (κ3) is 3.28. The largest absolute Gasteiger partial charge is 0.480 e. The Balaban J connectivity index is 2.74. The summed E-state index contributed by atoms with van der Waals surface area (Å²) in [6, 6.07) is -0.417. The van der Waals surface area contributed by atoms with E-state index in [1.54, 1.807) is 33.3 Å². The molecule has 2 N–H and O–H groups in total. The number of imidazole rings is 1. The normalized spacial score (nSPS) is 11.2. The number of nitrogens with zero attached hydrogens (tertiary/aromatic N) is 3. The SMILES string of the molecule is CCC(CC)(NC(=O)N(C)Cc1nccn1C)C(=O)O. The van der Waals surface area contributed by atoms with Gasteiger partial charge in [-0.1, -0.05) is 13.8 Å². The van der Waals surface area contributed by atoms with E-state index in [0.717, 1.165) is 5.82 Å². The molecule has 0 aromatic carbocycles. The van der Waals surface area contributed by atoms with E-state index in [1.165, 1.54) is 4.90 Å². The Kier molecular flexibility index (Phi) is 5.12. The molecule has 0 aliphatic heterocycles. The van der Waals surface area contributed by atoms with E-state index in [4.69, 9.17) is 0 Å². The maximum absolute atomic E-state index is 12.1. The number of carboxylic acids is 1. The summed E-state index contributed by atoms with van der Waals surface area (Å²) in [5, 5.41) is 11.9. The van der Waals surface area contributed by atoms with Crippen LogP contribution in [0.2, 0.25) is 0 Å². The molecule has 0 aliphatic rings. The van der Waals surface area contributed by atoms with Crippen LogP contribution in [0, 0.1) is 0 Å². The number of carbonyl (C=O) groups excluding carboxylic acids is 1. The fourth-order valence-corrected chi connectivity index (χ4v) is 1.92. The number of nitrogens with one attached hydrogen (secondary N) is 1. The molecule has 0 radical (unpaired) electrons. The zero-order valence-corrected chi connectivity index (χ0v) is 12.4. The van der Waals surface area contributed by atoms with Crippen LogP contribution in [0.3, 0.4) is 0 Å². The Bertz CT molecular complexity index is 480. The van der Waals surface area contributed by atoms with Gasteiger partial charge in [-0.25, -0.2) is 14.6 Å². The molecule has 7 heteroatoms. The van der Waals surface area contributed by atoms with Crippen LogP contribution >= 0.6 is 0 Å². The Morgan fingerprint density at radius 1 is 1.45 bits per heavy atom. The summed E-state index contributed by atoms with van der Waals surface area (Å²) in [5.74, 6) is -0.280. The molecule has 1 heterocycles. The van der Waals surface area contributed by atoms with E-state index in [1.807, 2.05) is 11.6 Å². The number of carbonyl (C=O) groups is 2. The van der Waals surface area contributed by atoms with E-state index in [-0.39, 0.29) is 0 Å². The Hall–Kier alpha value is -2.05. The number of hydrogen-bond donors (Lipinski definition) is 2. The first-order valence-electron chi connectivity index (χ1n) is 6.59. The van der Waals surface area contributed by atoms with Crippen LogP contribution in [-0.4, -0.2) is 44.1 Å². The van der Waals surface area contributed by atoms with E-state index in [0.29, 0.717) is 19.4 Å². The van der Waals surface area contributed by atoms with Crippen molar-refractivity contribution < 1.29 is 14.7 Å². The quantitative estimate of drug-likeness (QED) is 0.821. The van der Waals surface area contributed by atoms with E-state index < -0.39 is 17.5 Å². The Morgan fingerprint density at radius 2 is 2.05 bits per heavy atom. The highest BCUT2D eigenvalue weighted by Crippen LogP contribution is 2.16. The third-order valence-electron chi connectivity index (χ3n) is 3.61. The van der Waals surface area contributed by atoms with Crippen molar-refractivity contribution in [3.8, 4) is 0 Å². The molecule has 20 heavy (non-hydrogen) atoms. The summed E-state index contributed by atoms with van der Waals surface area (Å²) in [5.41, 5.74) is -1.22. The molecule has 0 saturated heterocycles. The highest BCUT2D eigenvalue weighted by Gasteiger charge is 2.37. The van der Waals surface area contributed by atoms with Crippen LogP contribution in [0.15, 0.2) is 12.4 Å². The van der Waals surface area contributed by atoms with Crippen molar-refractivity contribution >= 4 is 12.0 Å². The van der Waals surface area contributed by atoms with Gasteiger partial charge < -0.3 is 19.9 Å². The van der Waals surface area contributed by atoms with Crippen molar-refractivity contribution in [3.63, 3.8) is 0 Å². The maximum atomic E-state index is 12.1. The number of urea groups is 1. The fraction of sp³-hybridized carbons (Fsp3) is 0.615. The standard InChI is InChI=1S/C13H22N4O3/c1-5-13(6-2,11(18)19)15-12(20)17(4)9-10-14-7-8-16(10)3/h7-8H,5-6,9H2,1-4H3,(H,15,20)(H,18,19). The highest BCUT2D eigenvalue weighted by molar-refractivity contribution is 5.86. The lowest BCUT2D eigenvalue weighted by Crippen LogP contribution is -2.56. The average molecular weight is 282 g/mol. The van der Waals surface area contributed by atoms with Crippen LogP contribution < -0.4 is 5.32 Å². The second-order valence-electron chi connectivity index (χ2n) is 4.83. The number of hydrogen-bond acceptors (Lipinski definition) is 3. The van der Waals surface area contributed by atoms with Gasteiger partial charge in [-0.2, -0.15) is 0 Å². The van der Waals surface area contributed by atoms with Gasteiger partial charge in [-0.3, -0.25) is 0 Å². The molecule has 0 bridgehead atoms. The summed E-state index contributed by atoms with van der Waals surface area (Å²) < 4.78 is 1.81. The lowest BCUT2D eigenvalue weighted by molar-refractivity contribution is -0.144. The van der Waals surface area contributed by atoms with Crippen LogP contribution in [-0.2, 0) is 18.4 Å². The van der Waals surface area contributed by atoms with E-state index >= 15 is 0 Å². The van der Waals surface area contributed by atoms with Gasteiger partial charge in [0.1, 0.15) is 11.4 Å². The second kappa shape index (κ2) is 6.40. The van der Waals surface area contributed by atoms with E-state index in [2.05, 4.69) is 10.3 Å². The molecule has 1 aromatic rings. The van der Waals surface area contributed by atoms with Crippen LogP contribution in [0.25, 0.3) is 0 Å². The molecule has 112 valence electrons. The molecule has 0 fully saturated rings. The molecule has 0 atom stereocenters. The van der Waals surface area contributed by atoms with Gasteiger partial charge in [-0.15, -0.1) is 0 Å². The van der Waals surface area contributed by atoms with Crippen molar-refractivity contribution in [2.45, 2.75) is 38.8 Å². The first kappa shape index (κ1) is 16.0. The van der Waals surface area contributed by atoms with Gasteiger partial charge in [0.25, 0.3) is 0 Å². The van der Waals surface area contributed by atoms with Gasteiger partial charge in [0, 0.05) is 26.5 Å². The predicted molar refractivity (Wildman–Crippen MR) is 74.2 cm³/mol. The predicted octanol–water partition coefficient (Wildman–Crippen LogP) is 1.20. The minimum atomic E-state index is -1.22. The zero-order valence-electron chi connectivity index (χ0n) is 12.4. The molecule has 1 aromatic heterocycles. The monoisotopic (exact) mass is 282 g/mol. The Labute approximate surface area is 118 Å². The Morgan fingerprint density at radius 3 is 2.45 bits per heavy atom. The molecule has 7 nitrogen and oxygen atoms in total. The number of aliphatic carboxylic acids is 1. The second-order valence-corrected chi connectivity index (χ2v) is 4.83. The van der Waals surface area contributed by atoms with Crippen molar-refractivity contribution in [2.75, 3.05) is 7.05 Å². The van der Waals surface area contributed by atoms with E-state index in [9.17, 15) is 14.7 Å². The van der Waals surface area contributed by atoms with Crippen molar-refractivity contribution in [1.82, 2.24) is 19.8 Å². The third-order valence-corrected chi connectivity index (χ3v) is 3.61. The lowest BCUT2D eigenvalue weighted by Gasteiger charge is -2.30. The van der Waals surface area contributed by atoms with Gasteiger partial charge in [0.2, 0.25) is 0 Å². The minimum absolute atomic E-state index is 0.318. The minimum Gasteiger partial charge on any atom is -0.480 e. The molecular weight excluding hydrogens is 260 g/mol. The van der Waals surface area contributed by atoms with Crippen molar-refractivity contribution in [1.29, 1.82) is 0 Å². The molecular formula is C13H22N4O3. The molecule has 0 unspecified atom stereocenters. The molecule has 0 spiro atoms. The van der Waals surface area contributed by atoms with Crippen molar-refractivity contribution in [2.24, 2.45) is 7.05 Å². The number of amides is 2. The topological polar surface area (TPSA) is 87.5 Å². The zero-order chi connectivity index (χ0) is 15.3. The van der Waals surface area contributed by atoms with Gasteiger partial charge in [-0.05, 0) is 12.8 Å². The van der Waals surface area contributed by atoms with Crippen LogP contribution in [0.5, 0.6) is 0 Å². The molecule has 0 saturated carbocycles. The molecule has 0 aliphatic carbocycles. The summed E-state index contributed by atoms with van der Waals surface area (Å²) in [6.07, 6.45) is 4.11. The average Bonchev–Trinajstić information content (AvgIpc) is 2.81. The molecule has 2 amide bonds. The maximum Gasteiger partial charge on any atom is 0.329 e. The van der Waals surface area contributed by atoms with Crippen LogP contribution in [0.4, 0.5) is 4.79 Å². The number of rotatable bonds is 6. The smallest absolute Gasteiger partial charge is 0.329 e. The summed E-state index contributed by atoms with van der Waals surface area (Å²) in [7, 11) is 3.45. The number of aryl methyl sites for hydroxylation is 1. The van der Waals surface area contributed by atoms with Gasteiger partial charge >= 0.3 is 12.0 Å². The fourth-order valence-electron chi connectivity index (χ4n) is 1.92. The number of carboxylic acid groups (broad SMARTS) is 1. The molecule has 1 rings (SSSR count). The van der Waals surface area contributed by atoms with Crippen molar-refractivity contribution in [3.05, 3.63) is 18.2 Å². The summed E-state index contributed by atoms with van der Waals surface area (Å²) in [4.78, 5) is 29.1. The van der Waals surface area contributed by atoms with Gasteiger partial charge in [0.05, 0.1) is 6.54 Å². The first-order valence-corrected chi connectivity index (χ1v) is 6.59. The van der Waals surface area contributed by atoms with Crippen LogP contribution in [0.1, 0.15) is 32.5 Å². The lowest BCUT2D eigenvalue weighted by atomic mass is 9.93. The first-order chi connectivity index (χ1) is 9.36.